The topological polar surface area (TPSA) is 98.3 Å². The van der Waals surface area contributed by atoms with E-state index in [9.17, 15) is 4.79 Å². The summed E-state index contributed by atoms with van der Waals surface area (Å²) in [6.07, 6.45) is 6.31. The Morgan fingerprint density at radius 2 is 1.82 bits per heavy atom. The number of hydrogen-bond donors (Lipinski definition) is 1. The van der Waals surface area contributed by atoms with Gasteiger partial charge >= 0.3 is 5.97 Å². The molecule has 0 aliphatic heterocycles. The number of aryl methyl sites for hydroxylation is 3. The van der Waals surface area contributed by atoms with Crippen LogP contribution in [0.4, 0.5) is 0 Å². The van der Waals surface area contributed by atoms with E-state index in [-0.39, 0.29) is 6.42 Å². The zero-order valence-corrected chi connectivity index (χ0v) is 18.6. The predicted octanol–water partition coefficient (Wildman–Crippen LogP) is 5.05. The summed E-state index contributed by atoms with van der Waals surface area (Å²) in [5.41, 5.74) is 5.59. The molecule has 0 atom stereocenters. The lowest BCUT2D eigenvalue weighted by molar-refractivity contribution is -0.136. The minimum absolute atomic E-state index is 0.123. The first-order chi connectivity index (χ1) is 16.0. The van der Waals surface area contributed by atoms with Crippen LogP contribution < -0.4 is 4.74 Å². The molecule has 0 amide bonds. The van der Waals surface area contributed by atoms with Crippen LogP contribution in [-0.4, -0.2) is 32.6 Å². The molecule has 0 radical (unpaired) electrons. The van der Waals surface area contributed by atoms with Crippen molar-refractivity contribution in [2.75, 3.05) is 6.61 Å². The molecule has 2 aromatic carbocycles. The normalized spacial score (nSPS) is 10.8. The van der Waals surface area contributed by atoms with E-state index < -0.39 is 5.97 Å². The summed E-state index contributed by atoms with van der Waals surface area (Å²) in [5, 5.41) is 8.86. The first-order valence-electron chi connectivity index (χ1n) is 10.8. The molecular formula is C26H25N3O4. The summed E-state index contributed by atoms with van der Waals surface area (Å²) < 4.78 is 11.8. The highest BCUT2D eigenvalue weighted by Crippen LogP contribution is 2.25. The van der Waals surface area contributed by atoms with Gasteiger partial charge in [-0.05, 0) is 55.7 Å². The second kappa shape index (κ2) is 10.1. The molecule has 2 heterocycles. The maximum Gasteiger partial charge on any atom is 0.303 e. The minimum Gasteiger partial charge on any atom is -0.493 e. The molecule has 0 bridgehead atoms. The Morgan fingerprint density at radius 1 is 1.03 bits per heavy atom. The second-order valence-corrected chi connectivity index (χ2v) is 7.77. The highest BCUT2D eigenvalue weighted by Gasteiger charge is 2.12. The van der Waals surface area contributed by atoms with Crippen molar-refractivity contribution in [1.82, 2.24) is 15.0 Å². The number of carboxylic acids is 1. The van der Waals surface area contributed by atoms with Gasteiger partial charge in [-0.1, -0.05) is 18.2 Å². The van der Waals surface area contributed by atoms with Crippen LogP contribution in [0.1, 0.15) is 29.0 Å². The lowest BCUT2D eigenvalue weighted by Crippen LogP contribution is -2.04. The van der Waals surface area contributed by atoms with E-state index in [4.69, 9.17) is 14.3 Å². The standard InChI is InChI=1S/C26H25N3O4/c1-17-15-22(9-7-19(17)8-10-25(30)31)32-14-11-23-18(2)33-26(29-23)21-5-3-20(4-6-21)24-16-27-12-13-28-24/h3-7,9,12-13,15-16H,8,10-11,14H2,1-2H3,(H,30,31). The first-order valence-corrected chi connectivity index (χ1v) is 10.8. The van der Waals surface area contributed by atoms with Gasteiger partial charge in [0.05, 0.1) is 24.2 Å². The molecule has 168 valence electrons. The van der Waals surface area contributed by atoms with E-state index in [1.54, 1.807) is 18.6 Å². The van der Waals surface area contributed by atoms with Crippen LogP contribution in [-0.2, 0) is 17.6 Å². The molecule has 0 unspecified atom stereocenters. The zero-order chi connectivity index (χ0) is 23.2. The summed E-state index contributed by atoms with van der Waals surface area (Å²) in [6.45, 7) is 4.33. The van der Waals surface area contributed by atoms with Crippen molar-refractivity contribution in [3.63, 3.8) is 0 Å². The number of carboxylic acid groups (broad SMARTS) is 1. The molecule has 0 aliphatic rings. The number of aliphatic carboxylic acids is 1. The molecule has 0 saturated heterocycles. The van der Waals surface area contributed by atoms with Crippen LogP contribution >= 0.6 is 0 Å². The number of rotatable bonds is 9. The van der Waals surface area contributed by atoms with Gasteiger partial charge in [0.15, 0.2) is 0 Å². The predicted molar refractivity (Wildman–Crippen MR) is 124 cm³/mol. The van der Waals surface area contributed by atoms with Gasteiger partial charge in [-0.2, -0.15) is 0 Å². The van der Waals surface area contributed by atoms with Crippen LogP contribution in [0.15, 0.2) is 65.5 Å². The van der Waals surface area contributed by atoms with Crippen molar-refractivity contribution in [2.24, 2.45) is 0 Å². The number of aromatic nitrogens is 3. The summed E-state index contributed by atoms with van der Waals surface area (Å²) in [6, 6.07) is 13.6. The van der Waals surface area contributed by atoms with Gasteiger partial charge in [-0.25, -0.2) is 4.98 Å². The van der Waals surface area contributed by atoms with Crippen molar-refractivity contribution < 1.29 is 19.1 Å². The fourth-order valence-corrected chi connectivity index (χ4v) is 3.56. The smallest absolute Gasteiger partial charge is 0.303 e. The van der Waals surface area contributed by atoms with Crippen LogP contribution in [0.5, 0.6) is 5.75 Å². The summed E-state index contributed by atoms with van der Waals surface area (Å²) >= 11 is 0. The Balaban J connectivity index is 1.36. The Kier molecular flexibility index (Phi) is 6.78. The molecule has 33 heavy (non-hydrogen) atoms. The summed E-state index contributed by atoms with van der Waals surface area (Å²) in [7, 11) is 0. The Labute approximate surface area is 192 Å². The van der Waals surface area contributed by atoms with Gasteiger partial charge in [-0.3, -0.25) is 14.8 Å². The van der Waals surface area contributed by atoms with Crippen LogP contribution in [0, 0.1) is 13.8 Å². The number of oxazole rings is 1. The van der Waals surface area contributed by atoms with Gasteiger partial charge in [-0.15, -0.1) is 0 Å². The third kappa shape index (κ3) is 5.63. The molecule has 2 aromatic heterocycles. The van der Waals surface area contributed by atoms with E-state index in [1.165, 1.54) is 0 Å². The van der Waals surface area contributed by atoms with Crippen molar-refractivity contribution >= 4 is 5.97 Å². The van der Waals surface area contributed by atoms with E-state index >= 15 is 0 Å². The number of carbonyl (C=O) groups is 1. The highest BCUT2D eigenvalue weighted by molar-refractivity contribution is 5.67. The molecule has 4 aromatic rings. The zero-order valence-electron chi connectivity index (χ0n) is 18.6. The molecule has 0 aliphatic carbocycles. The molecule has 7 nitrogen and oxygen atoms in total. The SMILES string of the molecule is Cc1cc(OCCc2nc(-c3ccc(-c4cnccn4)cc3)oc2C)ccc1CCC(=O)O. The largest absolute Gasteiger partial charge is 0.493 e. The van der Waals surface area contributed by atoms with Crippen LogP contribution in [0.3, 0.4) is 0 Å². The summed E-state index contributed by atoms with van der Waals surface area (Å²) in [4.78, 5) is 23.9. The Hall–Kier alpha value is -4.00. The third-order valence-corrected chi connectivity index (χ3v) is 5.41. The quantitative estimate of drug-likeness (QED) is 0.386. The molecule has 0 saturated carbocycles. The second-order valence-electron chi connectivity index (χ2n) is 7.77. The number of nitrogens with zero attached hydrogens (tertiary/aromatic N) is 3. The van der Waals surface area contributed by atoms with Crippen LogP contribution in [0.2, 0.25) is 0 Å². The molecule has 0 fully saturated rings. The van der Waals surface area contributed by atoms with Gasteiger partial charge in [0, 0.05) is 36.4 Å². The van der Waals surface area contributed by atoms with Gasteiger partial charge in [0.25, 0.3) is 0 Å². The minimum atomic E-state index is -0.793. The molecule has 7 heteroatoms. The van der Waals surface area contributed by atoms with Gasteiger partial charge < -0.3 is 14.3 Å². The Bertz CT molecular complexity index is 1230. The van der Waals surface area contributed by atoms with Crippen molar-refractivity contribution in [1.29, 1.82) is 0 Å². The molecule has 0 spiro atoms. The van der Waals surface area contributed by atoms with Crippen LogP contribution in [0.25, 0.3) is 22.7 Å². The lowest BCUT2D eigenvalue weighted by Gasteiger charge is -2.09. The Morgan fingerprint density at radius 3 is 2.52 bits per heavy atom. The maximum atomic E-state index is 10.8. The molecule has 1 N–H and O–H groups in total. The average molecular weight is 444 g/mol. The fraction of sp³-hybridized carbons (Fsp3) is 0.231. The van der Waals surface area contributed by atoms with Gasteiger partial charge in [0.1, 0.15) is 11.5 Å². The van der Waals surface area contributed by atoms with E-state index in [1.807, 2.05) is 56.3 Å². The van der Waals surface area contributed by atoms with E-state index in [2.05, 4.69) is 15.0 Å². The van der Waals surface area contributed by atoms with Crippen molar-refractivity contribution in [2.45, 2.75) is 33.1 Å². The number of ether oxygens (including phenoxy) is 1. The lowest BCUT2D eigenvalue weighted by atomic mass is 10.0. The first kappa shape index (κ1) is 22.2. The molecule has 4 rings (SSSR count). The van der Waals surface area contributed by atoms with Gasteiger partial charge in [0.2, 0.25) is 5.89 Å². The van der Waals surface area contributed by atoms with E-state index in [0.717, 1.165) is 45.2 Å². The van der Waals surface area contributed by atoms with Crippen molar-refractivity contribution in [3.05, 3.63) is 83.6 Å². The monoisotopic (exact) mass is 443 g/mol. The number of hydrogen-bond acceptors (Lipinski definition) is 6. The highest BCUT2D eigenvalue weighted by atomic mass is 16.5. The van der Waals surface area contributed by atoms with Crippen molar-refractivity contribution in [3.8, 4) is 28.5 Å². The third-order valence-electron chi connectivity index (χ3n) is 5.41. The average Bonchev–Trinajstić information content (AvgIpc) is 3.19. The number of benzene rings is 2. The summed E-state index contributed by atoms with van der Waals surface area (Å²) in [5.74, 6) is 1.31. The fourth-order valence-electron chi connectivity index (χ4n) is 3.56. The van der Waals surface area contributed by atoms with E-state index in [0.29, 0.717) is 25.3 Å². The maximum absolute atomic E-state index is 10.8. The molecular weight excluding hydrogens is 418 g/mol.